The molecular weight excluding hydrogens is 446 g/mol. The van der Waals surface area contributed by atoms with Crippen molar-refractivity contribution in [1.29, 1.82) is 0 Å². The summed E-state index contributed by atoms with van der Waals surface area (Å²) < 4.78 is 5.44. The van der Waals surface area contributed by atoms with Gasteiger partial charge in [-0.25, -0.2) is 0 Å². The molecule has 34 heavy (non-hydrogen) atoms. The number of nitrogens with zero attached hydrogens (tertiary/aromatic N) is 3. The van der Waals surface area contributed by atoms with Crippen molar-refractivity contribution >= 4 is 29.3 Å². The Morgan fingerprint density at radius 1 is 1.00 bits per heavy atom. The number of thioether (sulfide) groups is 1. The largest absolute Gasteiger partial charge is 0.467 e. The van der Waals surface area contributed by atoms with E-state index in [0.717, 1.165) is 24.4 Å². The minimum atomic E-state index is -0.0668. The van der Waals surface area contributed by atoms with E-state index in [4.69, 9.17) is 4.42 Å². The second-order valence-electron chi connectivity index (χ2n) is 8.88. The number of carbonyl (C=O) groups excluding carboxylic acids is 2. The number of amides is 2. The number of hydrogen-bond acceptors (Lipinski definition) is 5. The van der Waals surface area contributed by atoms with Crippen molar-refractivity contribution in [3.63, 3.8) is 0 Å². The lowest BCUT2D eigenvalue weighted by molar-refractivity contribution is -0.128. The molecule has 0 unspecified atom stereocenters. The van der Waals surface area contributed by atoms with Crippen LogP contribution in [0.5, 0.6) is 0 Å². The van der Waals surface area contributed by atoms with Gasteiger partial charge in [0.15, 0.2) is 0 Å². The highest BCUT2D eigenvalue weighted by Crippen LogP contribution is 2.39. The molecule has 5 rings (SSSR count). The van der Waals surface area contributed by atoms with Gasteiger partial charge in [0.05, 0.1) is 18.6 Å². The van der Waals surface area contributed by atoms with Gasteiger partial charge in [0, 0.05) is 37.4 Å². The summed E-state index contributed by atoms with van der Waals surface area (Å²) in [5.74, 6) is 1.40. The normalized spacial score (nSPS) is 18.6. The third kappa shape index (κ3) is 4.44. The van der Waals surface area contributed by atoms with Crippen LogP contribution >= 0.6 is 11.8 Å². The van der Waals surface area contributed by atoms with E-state index in [9.17, 15) is 9.59 Å². The van der Waals surface area contributed by atoms with E-state index >= 15 is 0 Å². The molecule has 0 saturated carbocycles. The monoisotopic (exact) mass is 475 g/mol. The smallest absolute Gasteiger partial charge is 0.253 e. The molecule has 0 radical (unpaired) electrons. The van der Waals surface area contributed by atoms with Crippen LogP contribution in [0, 0.1) is 13.8 Å². The Morgan fingerprint density at radius 2 is 1.76 bits per heavy atom. The minimum Gasteiger partial charge on any atom is -0.467 e. The number of anilines is 1. The molecule has 0 bridgehead atoms. The molecule has 2 aliphatic rings. The molecule has 2 fully saturated rings. The summed E-state index contributed by atoms with van der Waals surface area (Å²) in [5, 5.41) is -0.0668. The van der Waals surface area contributed by atoms with Crippen molar-refractivity contribution in [1.82, 2.24) is 9.80 Å². The zero-order valence-electron chi connectivity index (χ0n) is 19.6. The van der Waals surface area contributed by atoms with Gasteiger partial charge in [-0.1, -0.05) is 24.3 Å². The van der Waals surface area contributed by atoms with E-state index in [1.54, 1.807) is 18.0 Å². The average molecular weight is 476 g/mol. The number of furan rings is 1. The number of rotatable bonds is 5. The predicted octanol–water partition coefficient (Wildman–Crippen LogP) is 4.63. The highest BCUT2D eigenvalue weighted by atomic mass is 32.2. The van der Waals surface area contributed by atoms with Crippen LogP contribution in [0.3, 0.4) is 0 Å². The van der Waals surface area contributed by atoms with Crippen molar-refractivity contribution in [2.24, 2.45) is 0 Å². The molecule has 7 heteroatoms. The van der Waals surface area contributed by atoms with Crippen LogP contribution in [0.2, 0.25) is 0 Å². The molecule has 1 aromatic heterocycles. The second kappa shape index (κ2) is 9.58. The van der Waals surface area contributed by atoms with Crippen molar-refractivity contribution in [2.75, 3.05) is 36.8 Å². The lowest BCUT2D eigenvalue weighted by atomic mass is 10.1. The molecule has 6 nitrogen and oxygen atoms in total. The average Bonchev–Trinajstić information content (AvgIpc) is 3.51. The topological polar surface area (TPSA) is 57.0 Å². The molecule has 0 spiro atoms. The first kappa shape index (κ1) is 22.6. The van der Waals surface area contributed by atoms with Crippen LogP contribution in [-0.2, 0) is 11.3 Å². The van der Waals surface area contributed by atoms with Crippen molar-refractivity contribution < 1.29 is 14.0 Å². The molecule has 2 aromatic carbocycles. The molecule has 2 saturated heterocycles. The van der Waals surface area contributed by atoms with E-state index in [-0.39, 0.29) is 17.2 Å². The first-order chi connectivity index (χ1) is 16.5. The zero-order valence-corrected chi connectivity index (χ0v) is 20.4. The first-order valence-corrected chi connectivity index (χ1v) is 12.7. The van der Waals surface area contributed by atoms with Gasteiger partial charge < -0.3 is 19.1 Å². The molecule has 2 aliphatic heterocycles. The number of benzene rings is 2. The summed E-state index contributed by atoms with van der Waals surface area (Å²) in [4.78, 5) is 31.7. The highest BCUT2D eigenvalue weighted by molar-refractivity contribution is 8.00. The highest BCUT2D eigenvalue weighted by Gasteiger charge is 2.33. The van der Waals surface area contributed by atoms with Gasteiger partial charge in [-0.05, 0) is 60.9 Å². The number of aryl methyl sites for hydroxylation is 1. The molecular formula is C27H29N3O3S. The van der Waals surface area contributed by atoms with Gasteiger partial charge >= 0.3 is 0 Å². The SMILES string of the molecule is Cc1cccc(N2CCN(C(=O)c3ccc([C@H]4SCC(=O)N4Cc4ccco4)cc3)CC2)c1C. The Bertz CT molecular complexity index is 1170. The number of piperazine rings is 1. The predicted molar refractivity (Wildman–Crippen MR) is 135 cm³/mol. The quantitative estimate of drug-likeness (QED) is 0.538. The van der Waals surface area contributed by atoms with Crippen LogP contribution < -0.4 is 4.90 Å². The lowest BCUT2D eigenvalue weighted by Crippen LogP contribution is -2.49. The Kier molecular flexibility index (Phi) is 6.37. The Morgan fingerprint density at radius 3 is 2.47 bits per heavy atom. The second-order valence-corrected chi connectivity index (χ2v) is 9.95. The summed E-state index contributed by atoms with van der Waals surface area (Å²) in [6.07, 6.45) is 1.63. The van der Waals surface area contributed by atoms with Gasteiger partial charge in [0.25, 0.3) is 5.91 Å². The van der Waals surface area contributed by atoms with Gasteiger partial charge in [0.2, 0.25) is 5.91 Å². The molecule has 0 N–H and O–H groups in total. The van der Waals surface area contributed by atoms with Crippen LogP contribution in [0.25, 0.3) is 0 Å². The Labute approximate surface area is 204 Å². The van der Waals surface area contributed by atoms with Crippen molar-refractivity contribution in [2.45, 2.75) is 25.8 Å². The molecule has 0 aliphatic carbocycles. The molecule has 3 heterocycles. The standard InChI is InChI=1S/C27H29N3O3S/c1-19-5-3-7-24(20(19)2)28-12-14-29(15-13-28)26(32)21-8-10-22(11-9-21)27-30(25(31)18-34-27)17-23-6-4-16-33-23/h3-11,16,27H,12-15,17-18H2,1-2H3/t27-/m1/s1. The fraction of sp³-hybridized carbons (Fsp3) is 0.333. The first-order valence-electron chi connectivity index (χ1n) is 11.6. The summed E-state index contributed by atoms with van der Waals surface area (Å²) in [6.45, 7) is 7.83. The fourth-order valence-corrected chi connectivity index (χ4v) is 5.86. The van der Waals surface area contributed by atoms with E-state index in [1.165, 1.54) is 16.8 Å². The summed E-state index contributed by atoms with van der Waals surface area (Å²) in [6, 6.07) is 17.9. The maximum Gasteiger partial charge on any atom is 0.253 e. The summed E-state index contributed by atoms with van der Waals surface area (Å²) in [5.41, 5.74) is 5.58. The summed E-state index contributed by atoms with van der Waals surface area (Å²) in [7, 11) is 0. The van der Waals surface area contributed by atoms with E-state index < -0.39 is 0 Å². The van der Waals surface area contributed by atoms with Gasteiger partial charge in [-0.2, -0.15) is 0 Å². The zero-order chi connectivity index (χ0) is 23.7. The maximum atomic E-state index is 13.1. The Balaban J connectivity index is 1.23. The minimum absolute atomic E-state index is 0.0646. The van der Waals surface area contributed by atoms with Crippen LogP contribution in [0.15, 0.2) is 65.3 Å². The molecule has 1 atom stereocenters. The molecule has 3 aromatic rings. The lowest BCUT2D eigenvalue weighted by Gasteiger charge is -2.37. The Hall–Kier alpha value is -3.19. The fourth-order valence-electron chi connectivity index (χ4n) is 4.67. The van der Waals surface area contributed by atoms with Crippen molar-refractivity contribution in [3.8, 4) is 0 Å². The molecule has 2 amide bonds. The molecule has 176 valence electrons. The third-order valence-electron chi connectivity index (χ3n) is 6.80. The maximum absolute atomic E-state index is 13.1. The van der Waals surface area contributed by atoms with E-state index in [1.807, 2.05) is 46.2 Å². The van der Waals surface area contributed by atoms with Crippen LogP contribution in [0.1, 0.15) is 38.2 Å². The van der Waals surface area contributed by atoms with E-state index in [2.05, 4.69) is 36.9 Å². The van der Waals surface area contributed by atoms with Crippen LogP contribution in [-0.4, -0.2) is 53.5 Å². The third-order valence-corrected chi connectivity index (χ3v) is 8.06. The number of carbonyl (C=O) groups is 2. The number of hydrogen-bond donors (Lipinski definition) is 0. The van der Waals surface area contributed by atoms with Gasteiger partial charge in [-0.15, -0.1) is 11.8 Å². The summed E-state index contributed by atoms with van der Waals surface area (Å²) >= 11 is 1.61. The van der Waals surface area contributed by atoms with Gasteiger partial charge in [-0.3, -0.25) is 9.59 Å². The van der Waals surface area contributed by atoms with E-state index in [0.29, 0.717) is 31.0 Å². The van der Waals surface area contributed by atoms with Crippen molar-refractivity contribution in [3.05, 3.63) is 88.9 Å². The van der Waals surface area contributed by atoms with Gasteiger partial charge in [0.1, 0.15) is 11.1 Å². The van der Waals surface area contributed by atoms with Crippen LogP contribution in [0.4, 0.5) is 5.69 Å².